The van der Waals surface area contributed by atoms with Gasteiger partial charge in [0.25, 0.3) is 0 Å². The fraction of sp³-hybridized carbons (Fsp3) is 1.00. The summed E-state index contributed by atoms with van der Waals surface area (Å²) in [5.74, 6) is -0.00824. The molecule has 1 saturated carbocycles. The highest BCUT2D eigenvalue weighted by molar-refractivity contribution is 4.81. The summed E-state index contributed by atoms with van der Waals surface area (Å²) in [6, 6.07) is -0.171. The van der Waals surface area contributed by atoms with E-state index in [0.29, 0.717) is 0 Å². The molecule has 0 heterocycles. The van der Waals surface area contributed by atoms with Crippen molar-refractivity contribution < 1.29 is 18.3 Å². The van der Waals surface area contributed by atoms with Gasteiger partial charge >= 0.3 is 6.18 Å². The number of hydrogen-bond donors (Lipinski definition) is 2. The molecule has 0 aliphatic heterocycles. The summed E-state index contributed by atoms with van der Waals surface area (Å²) in [6.45, 7) is -0.969. The number of rotatable bonds is 3. The van der Waals surface area contributed by atoms with Gasteiger partial charge in [-0.2, -0.15) is 13.2 Å². The van der Waals surface area contributed by atoms with E-state index in [2.05, 4.69) is 5.32 Å². The van der Waals surface area contributed by atoms with E-state index in [4.69, 9.17) is 5.11 Å². The number of aliphatic hydroxyl groups is 1. The van der Waals surface area contributed by atoms with Gasteiger partial charge in [-0.3, -0.25) is 0 Å². The molecule has 0 saturated heterocycles. The second-order valence-corrected chi connectivity index (χ2v) is 3.83. The topological polar surface area (TPSA) is 32.3 Å². The van der Waals surface area contributed by atoms with Gasteiger partial charge in [0, 0.05) is 12.6 Å². The highest BCUT2D eigenvalue weighted by Crippen LogP contribution is 2.24. The third-order valence-corrected chi connectivity index (χ3v) is 2.71. The number of alkyl halides is 3. The number of halogens is 3. The van der Waals surface area contributed by atoms with E-state index in [-0.39, 0.29) is 18.6 Å². The fourth-order valence-electron chi connectivity index (χ4n) is 1.94. The van der Waals surface area contributed by atoms with Crippen LogP contribution in [0.25, 0.3) is 0 Å². The van der Waals surface area contributed by atoms with Gasteiger partial charge in [-0.25, -0.2) is 0 Å². The van der Waals surface area contributed by atoms with Crippen molar-refractivity contribution in [3.63, 3.8) is 0 Å². The van der Waals surface area contributed by atoms with Crippen molar-refractivity contribution in [1.29, 1.82) is 0 Å². The monoisotopic (exact) mass is 211 g/mol. The quantitative estimate of drug-likeness (QED) is 0.744. The second kappa shape index (κ2) is 4.98. The molecule has 5 heteroatoms. The molecule has 0 bridgehead atoms. The molecule has 84 valence electrons. The van der Waals surface area contributed by atoms with E-state index < -0.39 is 12.7 Å². The molecule has 0 radical (unpaired) electrons. The zero-order valence-corrected chi connectivity index (χ0v) is 7.98. The van der Waals surface area contributed by atoms with E-state index in [9.17, 15) is 13.2 Å². The highest BCUT2D eigenvalue weighted by atomic mass is 19.4. The van der Waals surface area contributed by atoms with Gasteiger partial charge < -0.3 is 10.4 Å². The Morgan fingerprint density at radius 3 is 2.43 bits per heavy atom. The van der Waals surface area contributed by atoms with Crippen molar-refractivity contribution in [2.75, 3.05) is 13.2 Å². The first-order valence-electron chi connectivity index (χ1n) is 4.94. The largest absolute Gasteiger partial charge is 0.401 e. The minimum atomic E-state index is -4.16. The van der Waals surface area contributed by atoms with E-state index in [1.807, 2.05) is 0 Å². The lowest BCUT2D eigenvalue weighted by Crippen LogP contribution is -2.44. The predicted molar refractivity (Wildman–Crippen MR) is 46.9 cm³/mol. The normalized spacial score (nSPS) is 29.1. The Morgan fingerprint density at radius 1 is 1.21 bits per heavy atom. The molecule has 0 spiro atoms. The zero-order valence-electron chi connectivity index (χ0n) is 7.98. The molecule has 2 atom stereocenters. The van der Waals surface area contributed by atoms with Gasteiger partial charge in [-0.05, 0) is 18.8 Å². The van der Waals surface area contributed by atoms with Crippen LogP contribution < -0.4 is 5.32 Å². The molecule has 0 unspecified atom stereocenters. The maximum atomic E-state index is 11.9. The van der Waals surface area contributed by atoms with Crippen molar-refractivity contribution in [2.24, 2.45) is 5.92 Å². The molecule has 0 aromatic rings. The van der Waals surface area contributed by atoms with Crippen molar-refractivity contribution in [3.8, 4) is 0 Å². The van der Waals surface area contributed by atoms with Gasteiger partial charge in [0.05, 0.1) is 6.54 Å². The van der Waals surface area contributed by atoms with Crippen molar-refractivity contribution in [2.45, 2.75) is 37.9 Å². The van der Waals surface area contributed by atoms with Crippen molar-refractivity contribution in [1.82, 2.24) is 5.32 Å². The van der Waals surface area contributed by atoms with Crippen LogP contribution >= 0.6 is 0 Å². The van der Waals surface area contributed by atoms with Crippen LogP contribution in [0.1, 0.15) is 25.7 Å². The molecule has 14 heavy (non-hydrogen) atoms. The molecule has 1 aliphatic rings. The first kappa shape index (κ1) is 11.8. The van der Waals surface area contributed by atoms with Crippen LogP contribution in [-0.2, 0) is 0 Å². The zero-order chi connectivity index (χ0) is 10.6. The fourth-order valence-corrected chi connectivity index (χ4v) is 1.94. The number of hydrogen-bond acceptors (Lipinski definition) is 2. The van der Waals surface area contributed by atoms with E-state index >= 15 is 0 Å². The molecule has 0 aromatic heterocycles. The molecule has 2 N–H and O–H groups in total. The summed E-state index contributed by atoms with van der Waals surface area (Å²) in [6.07, 6.45) is -0.633. The molecule has 1 rings (SSSR count). The van der Waals surface area contributed by atoms with Crippen molar-refractivity contribution in [3.05, 3.63) is 0 Å². The minimum Gasteiger partial charge on any atom is -0.396 e. The summed E-state index contributed by atoms with van der Waals surface area (Å²) < 4.78 is 35.7. The highest BCUT2D eigenvalue weighted by Gasteiger charge is 2.31. The number of aliphatic hydroxyl groups excluding tert-OH is 1. The van der Waals surface area contributed by atoms with Crippen LogP contribution in [0.2, 0.25) is 0 Å². The maximum absolute atomic E-state index is 11.9. The average molecular weight is 211 g/mol. The Kier molecular flexibility index (Phi) is 4.19. The Labute approximate surface area is 81.5 Å². The first-order chi connectivity index (χ1) is 6.53. The van der Waals surface area contributed by atoms with Crippen molar-refractivity contribution >= 4 is 0 Å². The second-order valence-electron chi connectivity index (χ2n) is 3.83. The van der Waals surface area contributed by atoms with Crippen LogP contribution in [0, 0.1) is 5.92 Å². The van der Waals surface area contributed by atoms with E-state index in [0.717, 1.165) is 25.7 Å². The summed E-state index contributed by atoms with van der Waals surface area (Å²) in [4.78, 5) is 0. The Morgan fingerprint density at radius 2 is 1.86 bits per heavy atom. The summed E-state index contributed by atoms with van der Waals surface area (Å²) >= 11 is 0. The van der Waals surface area contributed by atoms with Crippen LogP contribution in [0.4, 0.5) is 13.2 Å². The predicted octanol–water partition coefficient (Wildman–Crippen LogP) is 1.69. The molecule has 1 aliphatic carbocycles. The third-order valence-electron chi connectivity index (χ3n) is 2.71. The Hall–Kier alpha value is -0.290. The first-order valence-corrected chi connectivity index (χ1v) is 4.94. The van der Waals surface area contributed by atoms with Crippen LogP contribution in [0.3, 0.4) is 0 Å². The Bertz CT molecular complexity index is 172. The molecule has 2 nitrogen and oxygen atoms in total. The summed E-state index contributed by atoms with van der Waals surface area (Å²) in [7, 11) is 0. The van der Waals surface area contributed by atoms with Gasteiger partial charge in [-0.15, -0.1) is 0 Å². The molecular weight excluding hydrogens is 195 g/mol. The summed E-state index contributed by atoms with van der Waals surface area (Å²) in [5.41, 5.74) is 0. The molecule has 1 fully saturated rings. The van der Waals surface area contributed by atoms with Crippen LogP contribution in [0.5, 0.6) is 0 Å². The lowest BCUT2D eigenvalue weighted by atomic mass is 9.85. The minimum absolute atomic E-state index is 0.00824. The van der Waals surface area contributed by atoms with Crippen LogP contribution in [-0.4, -0.2) is 30.5 Å². The lowest BCUT2D eigenvalue weighted by Gasteiger charge is -2.31. The smallest absolute Gasteiger partial charge is 0.396 e. The summed E-state index contributed by atoms with van der Waals surface area (Å²) in [5, 5.41) is 11.4. The van der Waals surface area contributed by atoms with Gasteiger partial charge in [0.2, 0.25) is 0 Å². The molecule has 0 amide bonds. The third kappa shape index (κ3) is 3.84. The molecule has 0 aromatic carbocycles. The lowest BCUT2D eigenvalue weighted by molar-refractivity contribution is -0.127. The van der Waals surface area contributed by atoms with E-state index in [1.165, 1.54) is 0 Å². The van der Waals surface area contributed by atoms with Gasteiger partial charge in [0.15, 0.2) is 0 Å². The Balaban J connectivity index is 2.33. The van der Waals surface area contributed by atoms with Crippen LogP contribution in [0.15, 0.2) is 0 Å². The maximum Gasteiger partial charge on any atom is 0.401 e. The van der Waals surface area contributed by atoms with E-state index in [1.54, 1.807) is 0 Å². The van der Waals surface area contributed by atoms with Gasteiger partial charge in [-0.1, -0.05) is 12.8 Å². The van der Waals surface area contributed by atoms with Gasteiger partial charge in [0.1, 0.15) is 0 Å². The average Bonchev–Trinajstić information content (AvgIpc) is 2.14. The SMILES string of the molecule is OC[C@H]1CCCC[C@@H]1NCC(F)(F)F. The molecular formula is C9H16F3NO. The number of nitrogens with one attached hydrogen (secondary N) is 1. The standard InChI is InChI=1S/C9H16F3NO/c10-9(11,12)6-13-8-4-2-1-3-7(8)5-14/h7-8,13-14H,1-6H2/t7-,8+/m1/s1.